The molecule has 0 unspecified atom stereocenters. The van der Waals surface area contributed by atoms with Crippen LogP contribution in [0.5, 0.6) is 0 Å². The van der Waals surface area contributed by atoms with E-state index in [1.54, 1.807) is 24.3 Å². The number of aldehydes is 1. The van der Waals surface area contributed by atoms with Gasteiger partial charge in [-0.15, -0.1) is 0 Å². The lowest BCUT2D eigenvalue weighted by molar-refractivity contribution is -0.108. The third-order valence-electron chi connectivity index (χ3n) is 2.91. The summed E-state index contributed by atoms with van der Waals surface area (Å²) in [5, 5.41) is 0.0362. The van der Waals surface area contributed by atoms with Crippen molar-refractivity contribution >= 4 is 27.7 Å². The molecule has 1 saturated carbocycles. The lowest BCUT2D eigenvalue weighted by Crippen LogP contribution is -2.07. The molecule has 1 aromatic rings. The molecule has 0 bridgehead atoms. The summed E-state index contributed by atoms with van der Waals surface area (Å²) in [6.45, 7) is 0. The molecule has 1 aliphatic carbocycles. The summed E-state index contributed by atoms with van der Waals surface area (Å²) in [7, 11) is -3.16. The molecular weight excluding hydrogens is 248 g/mol. The van der Waals surface area contributed by atoms with Crippen LogP contribution in [0.4, 0.5) is 0 Å². The standard InChI is InChI=1S/C11H11ClO3S/c1-16(14,15)11-9(6-13)10(11)7-2-4-8(12)5-3-7/h2-6,9-11H,1H3/t9-,10-,11-/m1/s1. The van der Waals surface area contributed by atoms with Crippen molar-refractivity contribution in [3.05, 3.63) is 34.9 Å². The van der Waals surface area contributed by atoms with Crippen molar-refractivity contribution in [2.45, 2.75) is 11.2 Å². The SMILES string of the molecule is CS(=O)(=O)[C@@H]1[C@H](C=O)[C@H]1c1ccc(Cl)cc1. The fourth-order valence-corrected chi connectivity index (χ4v) is 3.83. The third kappa shape index (κ3) is 1.99. The van der Waals surface area contributed by atoms with Gasteiger partial charge in [-0.25, -0.2) is 8.42 Å². The van der Waals surface area contributed by atoms with Crippen LogP contribution in [0.25, 0.3) is 0 Å². The van der Waals surface area contributed by atoms with E-state index in [2.05, 4.69) is 0 Å². The number of sulfone groups is 1. The second kappa shape index (κ2) is 3.86. The zero-order valence-corrected chi connectivity index (χ0v) is 10.2. The van der Waals surface area contributed by atoms with E-state index in [4.69, 9.17) is 11.6 Å². The normalized spacial score (nSPS) is 28.8. The summed E-state index contributed by atoms with van der Waals surface area (Å²) >= 11 is 5.75. The minimum atomic E-state index is -3.16. The van der Waals surface area contributed by atoms with Crippen LogP contribution in [0.15, 0.2) is 24.3 Å². The fourth-order valence-electron chi connectivity index (χ4n) is 2.12. The van der Waals surface area contributed by atoms with Gasteiger partial charge in [0.1, 0.15) is 6.29 Å². The van der Waals surface area contributed by atoms with Gasteiger partial charge >= 0.3 is 0 Å². The van der Waals surface area contributed by atoms with Gasteiger partial charge in [0.25, 0.3) is 0 Å². The first-order chi connectivity index (χ1) is 7.45. The van der Waals surface area contributed by atoms with Crippen LogP contribution in [0.1, 0.15) is 11.5 Å². The fraction of sp³-hybridized carbons (Fsp3) is 0.364. The van der Waals surface area contributed by atoms with Crippen LogP contribution in [-0.2, 0) is 14.6 Å². The van der Waals surface area contributed by atoms with Crippen LogP contribution >= 0.6 is 11.6 Å². The van der Waals surface area contributed by atoms with Crippen LogP contribution in [0.3, 0.4) is 0 Å². The topological polar surface area (TPSA) is 51.2 Å². The summed E-state index contributed by atoms with van der Waals surface area (Å²) in [4.78, 5) is 10.8. The molecule has 3 atom stereocenters. The number of rotatable bonds is 3. The van der Waals surface area contributed by atoms with E-state index in [-0.39, 0.29) is 5.92 Å². The van der Waals surface area contributed by atoms with Crippen molar-refractivity contribution in [1.82, 2.24) is 0 Å². The monoisotopic (exact) mass is 258 g/mol. The third-order valence-corrected chi connectivity index (χ3v) is 4.76. The van der Waals surface area contributed by atoms with Gasteiger partial charge in [0.15, 0.2) is 9.84 Å². The van der Waals surface area contributed by atoms with Gasteiger partial charge in [-0.3, -0.25) is 0 Å². The zero-order chi connectivity index (χ0) is 11.9. The maximum Gasteiger partial charge on any atom is 0.151 e. The van der Waals surface area contributed by atoms with E-state index in [1.807, 2.05) is 0 Å². The lowest BCUT2D eigenvalue weighted by Gasteiger charge is -1.98. The Kier molecular flexibility index (Phi) is 2.80. The molecule has 86 valence electrons. The Hall–Kier alpha value is -0.870. The average Bonchev–Trinajstić information content (AvgIpc) is 2.92. The number of carbonyl (C=O) groups is 1. The highest BCUT2D eigenvalue weighted by Crippen LogP contribution is 2.50. The highest BCUT2D eigenvalue weighted by molar-refractivity contribution is 7.91. The minimum Gasteiger partial charge on any atom is -0.303 e. The van der Waals surface area contributed by atoms with E-state index < -0.39 is 21.0 Å². The van der Waals surface area contributed by atoms with Crippen LogP contribution in [0.2, 0.25) is 5.02 Å². The molecule has 1 aromatic carbocycles. The van der Waals surface area contributed by atoms with Crippen molar-refractivity contribution < 1.29 is 13.2 Å². The molecule has 2 rings (SSSR count). The molecule has 0 saturated heterocycles. The summed E-state index contributed by atoms with van der Waals surface area (Å²) < 4.78 is 22.9. The van der Waals surface area contributed by atoms with E-state index in [9.17, 15) is 13.2 Å². The van der Waals surface area contributed by atoms with E-state index in [1.165, 1.54) is 6.26 Å². The number of halogens is 1. The molecule has 1 aliphatic rings. The number of benzene rings is 1. The summed E-state index contributed by atoms with van der Waals surface area (Å²) in [6, 6.07) is 6.95. The highest BCUT2D eigenvalue weighted by atomic mass is 35.5. The van der Waals surface area contributed by atoms with Crippen molar-refractivity contribution in [3.8, 4) is 0 Å². The van der Waals surface area contributed by atoms with Crippen molar-refractivity contribution in [2.24, 2.45) is 5.92 Å². The Morgan fingerprint density at radius 3 is 2.19 bits per heavy atom. The Morgan fingerprint density at radius 1 is 1.25 bits per heavy atom. The van der Waals surface area contributed by atoms with Crippen molar-refractivity contribution in [1.29, 1.82) is 0 Å². The Bertz CT molecular complexity index is 507. The molecule has 0 N–H and O–H groups in total. The van der Waals surface area contributed by atoms with E-state index in [0.717, 1.165) is 11.8 Å². The summed E-state index contributed by atoms with van der Waals surface area (Å²) in [5.74, 6) is -0.610. The second-order valence-corrected chi connectivity index (χ2v) is 6.72. The molecule has 0 amide bonds. The molecule has 1 fully saturated rings. The first kappa shape index (κ1) is 11.6. The summed E-state index contributed by atoms with van der Waals surface area (Å²) in [5.41, 5.74) is 0.858. The maximum absolute atomic E-state index is 11.4. The smallest absolute Gasteiger partial charge is 0.151 e. The Balaban J connectivity index is 2.30. The van der Waals surface area contributed by atoms with E-state index in [0.29, 0.717) is 5.02 Å². The zero-order valence-electron chi connectivity index (χ0n) is 8.63. The van der Waals surface area contributed by atoms with Gasteiger partial charge in [-0.1, -0.05) is 23.7 Å². The molecule has 0 aromatic heterocycles. The van der Waals surface area contributed by atoms with Crippen LogP contribution in [0, 0.1) is 5.92 Å². The summed E-state index contributed by atoms with van der Waals surface area (Å²) in [6.07, 6.45) is 1.90. The molecule has 0 radical (unpaired) electrons. The van der Waals surface area contributed by atoms with Crippen molar-refractivity contribution in [3.63, 3.8) is 0 Å². The van der Waals surface area contributed by atoms with Gasteiger partial charge in [0.2, 0.25) is 0 Å². The average molecular weight is 259 g/mol. The first-order valence-corrected chi connectivity index (χ1v) is 7.18. The quantitative estimate of drug-likeness (QED) is 0.775. The van der Waals surface area contributed by atoms with Gasteiger partial charge in [0, 0.05) is 23.1 Å². The molecular formula is C11H11ClO3S. The van der Waals surface area contributed by atoms with Crippen LogP contribution in [-0.4, -0.2) is 26.2 Å². The molecule has 5 heteroatoms. The predicted octanol–water partition coefficient (Wildman–Crippen LogP) is 1.67. The Morgan fingerprint density at radius 2 is 1.81 bits per heavy atom. The lowest BCUT2D eigenvalue weighted by atomic mass is 10.1. The molecule has 0 aliphatic heterocycles. The van der Waals surface area contributed by atoms with Crippen LogP contribution < -0.4 is 0 Å². The first-order valence-electron chi connectivity index (χ1n) is 4.85. The van der Waals surface area contributed by atoms with E-state index >= 15 is 0 Å². The molecule has 0 heterocycles. The largest absolute Gasteiger partial charge is 0.303 e. The number of hydrogen-bond donors (Lipinski definition) is 0. The van der Waals surface area contributed by atoms with Gasteiger partial charge in [-0.2, -0.15) is 0 Å². The predicted molar refractivity (Wildman–Crippen MR) is 62.4 cm³/mol. The Labute approximate surface area is 99.3 Å². The number of carbonyl (C=O) groups excluding carboxylic acids is 1. The minimum absolute atomic E-state index is 0.204. The van der Waals surface area contributed by atoms with Gasteiger partial charge < -0.3 is 4.79 Å². The van der Waals surface area contributed by atoms with Gasteiger partial charge in [-0.05, 0) is 17.7 Å². The molecule has 16 heavy (non-hydrogen) atoms. The number of hydrogen-bond acceptors (Lipinski definition) is 3. The maximum atomic E-state index is 11.4. The second-order valence-electron chi connectivity index (χ2n) is 4.08. The van der Waals surface area contributed by atoms with Gasteiger partial charge in [0.05, 0.1) is 5.25 Å². The molecule has 0 spiro atoms. The highest BCUT2D eigenvalue weighted by Gasteiger charge is 2.57. The molecule has 3 nitrogen and oxygen atoms in total. The van der Waals surface area contributed by atoms with Crippen molar-refractivity contribution in [2.75, 3.05) is 6.26 Å².